The molecule has 21 nitrogen and oxygen atoms in total. The van der Waals surface area contributed by atoms with Crippen LogP contribution in [-0.4, -0.2) is 180 Å². The lowest BCUT2D eigenvalue weighted by atomic mass is 10.0. The fourth-order valence-electron chi connectivity index (χ4n) is 4.64. The maximum Gasteiger partial charge on any atom is 0.605 e. The molecule has 3 atom stereocenters. The van der Waals surface area contributed by atoms with Gasteiger partial charge in [0.15, 0.2) is 12.1 Å². The lowest BCUT2D eigenvalue weighted by Crippen LogP contribution is -2.43. The lowest BCUT2D eigenvalue weighted by molar-refractivity contribution is -0.375. The number of carboxylic acids is 1. The van der Waals surface area contributed by atoms with Gasteiger partial charge in [0.2, 0.25) is 18.2 Å². The van der Waals surface area contributed by atoms with Crippen LogP contribution in [0.1, 0.15) is 27.7 Å². The minimum absolute atomic E-state index is 0.0451. The predicted octanol–water partition coefficient (Wildman–Crippen LogP) is -1.87. The van der Waals surface area contributed by atoms with E-state index in [0.29, 0.717) is 59.5 Å². The summed E-state index contributed by atoms with van der Waals surface area (Å²) in [4.78, 5) is 64.0. The van der Waals surface area contributed by atoms with Gasteiger partial charge in [-0.05, 0) is 20.8 Å². The first-order valence-electron chi connectivity index (χ1n) is 17.3. The van der Waals surface area contributed by atoms with E-state index in [2.05, 4.69) is 20.5 Å². The second-order valence-electron chi connectivity index (χ2n) is 10.8. The second-order valence-corrected chi connectivity index (χ2v) is 10.8. The van der Waals surface area contributed by atoms with Gasteiger partial charge in [-0.2, -0.15) is 0 Å². The number of ketones is 1. The highest BCUT2D eigenvalue weighted by molar-refractivity contribution is 6.01. The Balaban J connectivity index is 0.000000663. The number of rotatable bonds is 9. The normalized spacial score (nSPS) is 22.2. The standard InChI is InChI=1S/C9H14O5.C7H10O5.C7H10O4.C5H8O2.C4H7O3.C2H6O2/c1-2-12-8(10)7-5-11-6-9(7)13-3-4-14-9;8-6(9)5-3-10-4-7(5)11-1-2-12-7;1-2-11-7(9)5-3-10-4-6(5)8;1-3-5(6)7-4-2;1-2-7-4(6)3-5;3-1-2-4/h7H,2-6H2,1H3;5H,1-4H2,(H,8,9);5H,2-4H2,1H3;3H,1,4H2,2H3;2,5H,3H2,1H3;3-4H,1-2H2/q;;;;+1;. The molecule has 0 aromatic heterocycles. The summed E-state index contributed by atoms with van der Waals surface area (Å²) in [7, 11) is 0. The quantitative estimate of drug-likeness (QED) is 0.0496. The maximum atomic E-state index is 11.5. The summed E-state index contributed by atoms with van der Waals surface area (Å²) < 4.78 is 54.6. The van der Waals surface area contributed by atoms with E-state index in [0.717, 1.165) is 6.08 Å². The zero-order chi connectivity index (χ0) is 41.7. The number of aliphatic carboxylic acids is 1. The molecule has 21 heteroatoms. The summed E-state index contributed by atoms with van der Waals surface area (Å²) in [5.74, 6) is -6.50. The molecule has 0 aliphatic carbocycles. The molecule has 0 bridgehead atoms. The second kappa shape index (κ2) is 29.5. The van der Waals surface area contributed by atoms with Gasteiger partial charge in [-0.3, -0.25) is 23.6 Å². The van der Waals surface area contributed by atoms with Crippen molar-refractivity contribution in [1.29, 1.82) is 0 Å². The molecular formula is C34H55O21+. The van der Waals surface area contributed by atoms with Gasteiger partial charge in [-0.15, -0.1) is 0 Å². The van der Waals surface area contributed by atoms with E-state index in [-0.39, 0.29) is 57.4 Å². The summed E-state index contributed by atoms with van der Waals surface area (Å²) in [5.41, 5.74) is 0. The molecular weight excluding hydrogens is 744 g/mol. The first-order chi connectivity index (χ1) is 26.3. The van der Waals surface area contributed by atoms with Crippen molar-refractivity contribution in [2.24, 2.45) is 17.8 Å². The molecule has 5 saturated heterocycles. The van der Waals surface area contributed by atoms with Crippen LogP contribution in [-0.2, 0) is 80.6 Å². The Morgan fingerprint density at radius 2 is 1.24 bits per heavy atom. The average Bonchev–Trinajstić information content (AvgIpc) is 4.04. The summed E-state index contributed by atoms with van der Waals surface area (Å²) in [6.07, 6.45) is 2.36. The summed E-state index contributed by atoms with van der Waals surface area (Å²) in [6, 6.07) is 0. The van der Waals surface area contributed by atoms with Crippen LogP contribution in [0.25, 0.3) is 0 Å². The highest BCUT2D eigenvalue weighted by atomic mass is 16.8. The molecule has 0 aromatic rings. The fourth-order valence-corrected chi connectivity index (χ4v) is 4.64. The van der Waals surface area contributed by atoms with E-state index in [1.807, 2.05) is 0 Å². The van der Waals surface area contributed by atoms with Crippen LogP contribution in [0.2, 0.25) is 0 Å². The molecule has 0 amide bonds. The zero-order valence-corrected chi connectivity index (χ0v) is 31.6. The number of carboxylic acid groups (broad SMARTS) is 1. The SMILES string of the molecule is C=CC(=O)OCC.CC=[O+]C(=O)CO.CCOC(=O)C1COCC12OCCO2.CCOC(=O)C1COCC1=O.O=C(O)C1COCC12OCCO2.OCCO. The van der Waals surface area contributed by atoms with E-state index < -0.39 is 53.8 Å². The van der Waals surface area contributed by atoms with E-state index in [9.17, 15) is 28.8 Å². The molecule has 2 spiro atoms. The van der Waals surface area contributed by atoms with Crippen molar-refractivity contribution in [3.8, 4) is 0 Å². The van der Waals surface area contributed by atoms with E-state index in [1.165, 1.54) is 6.29 Å². The van der Waals surface area contributed by atoms with Gasteiger partial charge in [0, 0.05) is 13.0 Å². The monoisotopic (exact) mass is 799 g/mol. The average molecular weight is 800 g/mol. The van der Waals surface area contributed by atoms with Crippen molar-refractivity contribution in [1.82, 2.24) is 0 Å². The van der Waals surface area contributed by atoms with Crippen molar-refractivity contribution in [2.45, 2.75) is 39.3 Å². The Labute approximate surface area is 318 Å². The first kappa shape index (κ1) is 51.2. The van der Waals surface area contributed by atoms with Gasteiger partial charge in [0.1, 0.15) is 37.6 Å². The summed E-state index contributed by atoms with van der Waals surface area (Å²) in [6.45, 7) is 13.5. The minimum Gasteiger partial charge on any atom is -0.481 e. The van der Waals surface area contributed by atoms with Crippen LogP contribution in [0.3, 0.4) is 0 Å². The molecule has 0 saturated carbocycles. The molecule has 3 unspecified atom stereocenters. The van der Waals surface area contributed by atoms with Crippen molar-refractivity contribution < 1.29 is 101 Å². The predicted molar refractivity (Wildman–Crippen MR) is 183 cm³/mol. The number of hydrogen-bond donors (Lipinski definition) is 4. The maximum absolute atomic E-state index is 11.5. The molecule has 0 radical (unpaired) electrons. The van der Waals surface area contributed by atoms with Crippen LogP contribution in [0.5, 0.6) is 0 Å². The lowest BCUT2D eigenvalue weighted by Gasteiger charge is -2.25. The van der Waals surface area contributed by atoms with Gasteiger partial charge in [0.05, 0.1) is 84.1 Å². The van der Waals surface area contributed by atoms with Crippen molar-refractivity contribution >= 4 is 41.9 Å². The van der Waals surface area contributed by atoms with Crippen molar-refractivity contribution in [3.63, 3.8) is 0 Å². The number of esters is 3. The van der Waals surface area contributed by atoms with E-state index >= 15 is 0 Å². The number of Topliss-reactive ketones (excluding diaryl/α,β-unsaturated/α-hetero) is 1. The summed E-state index contributed by atoms with van der Waals surface area (Å²) in [5, 5.41) is 32.0. The van der Waals surface area contributed by atoms with Crippen LogP contribution >= 0.6 is 0 Å². The molecule has 5 heterocycles. The van der Waals surface area contributed by atoms with Gasteiger partial charge in [-0.1, -0.05) is 6.58 Å². The van der Waals surface area contributed by atoms with Crippen molar-refractivity contribution in [2.75, 3.05) is 106 Å². The summed E-state index contributed by atoms with van der Waals surface area (Å²) >= 11 is 0. The van der Waals surface area contributed by atoms with Gasteiger partial charge >= 0.3 is 29.8 Å². The Hall–Kier alpha value is -3.77. The van der Waals surface area contributed by atoms with Gasteiger partial charge in [0.25, 0.3) is 0 Å². The molecule has 55 heavy (non-hydrogen) atoms. The molecule has 5 rings (SSSR count). The smallest absolute Gasteiger partial charge is 0.481 e. The number of aliphatic hydroxyl groups excluding tert-OH is 3. The van der Waals surface area contributed by atoms with Crippen LogP contribution in [0, 0.1) is 17.8 Å². The number of aliphatic hydroxyl groups is 3. The Kier molecular flexibility index (Phi) is 27.5. The third kappa shape index (κ3) is 18.6. The first-order valence-corrected chi connectivity index (χ1v) is 17.3. The zero-order valence-electron chi connectivity index (χ0n) is 31.6. The van der Waals surface area contributed by atoms with E-state index in [4.69, 9.17) is 58.3 Å². The highest BCUT2D eigenvalue weighted by Gasteiger charge is 2.54. The topological polar surface area (TPSA) is 287 Å². The Morgan fingerprint density at radius 3 is 1.58 bits per heavy atom. The number of aldehydes is 1. The van der Waals surface area contributed by atoms with E-state index in [1.54, 1.807) is 27.7 Å². The third-order valence-electron chi connectivity index (χ3n) is 7.08. The third-order valence-corrected chi connectivity index (χ3v) is 7.08. The molecule has 5 fully saturated rings. The molecule has 4 N–H and O–H groups in total. The largest absolute Gasteiger partial charge is 0.605 e. The number of ether oxygens (including phenoxy) is 10. The molecule has 0 aromatic carbocycles. The van der Waals surface area contributed by atoms with Crippen LogP contribution in [0.15, 0.2) is 12.7 Å². The number of carbonyl (C=O) groups is 6. The van der Waals surface area contributed by atoms with Crippen LogP contribution < -0.4 is 0 Å². The van der Waals surface area contributed by atoms with Crippen LogP contribution in [0.4, 0.5) is 0 Å². The van der Waals surface area contributed by atoms with Crippen molar-refractivity contribution in [3.05, 3.63) is 12.7 Å². The highest BCUT2D eigenvalue weighted by Crippen LogP contribution is 2.35. The fraction of sp³-hybridized carbons (Fsp3) is 0.735. The Morgan fingerprint density at radius 1 is 0.764 bits per heavy atom. The van der Waals surface area contributed by atoms with Gasteiger partial charge < -0.3 is 67.8 Å². The minimum atomic E-state index is -0.994. The molecule has 5 aliphatic heterocycles. The number of carbonyl (C=O) groups excluding carboxylic acids is 6. The molecule has 316 valence electrons. The molecule has 5 aliphatic rings. The number of hydrogen-bond acceptors (Lipinski definition) is 19. The van der Waals surface area contributed by atoms with Gasteiger partial charge in [-0.25, -0.2) is 4.79 Å². The Bertz CT molecular complexity index is 1180.